The lowest BCUT2D eigenvalue weighted by atomic mass is 10.1. The summed E-state index contributed by atoms with van der Waals surface area (Å²) in [7, 11) is 0. The van der Waals surface area contributed by atoms with Crippen LogP contribution in [0.1, 0.15) is 39.7 Å². The zero-order chi connectivity index (χ0) is 15.3. The number of hydrogen-bond acceptors (Lipinski definition) is 4. The summed E-state index contributed by atoms with van der Waals surface area (Å²) < 4.78 is 16.7. The van der Waals surface area contributed by atoms with Crippen LogP contribution in [0.15, 0.2) is 12.1 Å². The van der Waals surface area contributed by atoms with Crippen molar-refractivity contribution in [3.63, 3.8) is 0 Å². The molecule has 0 unspecified atom stereocenters. The highest BCUT2D eigenvalue weighted by molar-refractivity contribution is 5.51. The Kier molecular flexibility index (Phi) is 4.98. The van der Waals surface area contributed by atoms with E-state index >= 15 is 0 Å². The average molecular weight is 289 g/mol. The summed E-state index contributed by atoms with van der Waals surface area (Å²) in [6.07, 6.45) is 0.719. The fourth-order valence-corrected chi connectivity index (χ4v) is 1.94. The molecule has 114 valence electrons. The van der Waals surface area contributed by atoms with E-state index in [0.29, 0.717) is 6.61 Å². The summed E-state index contributed by atoms with van der Waals surface area (Å²) in [5, 5.41) is 3.47. The molecule has 0 aliphatic carbocycles. The molecule has 0 spiro atoms. The largest absolute Gasteiger partial charge is 0.492 e. The number of benzene rings is 1. The molecule has 0 radical (unpaired) electrons. The molecule has 2 rings (SSSR count). The van der Waals surface area contributed by atoms with Gasteiger partial charge < -0.3 is 19.5 Å². The molecule has 1 N–H and O–H groups in total. The minimum Gasteiger partial charge on any atom is -0.492 e. The van der Waals surface area contributed by atoms with Crippen LogP contribution < -0.4 is 19.5 Å². The minimum absolute atomic E-state index is 0.0430. The molecule has 1 aromatic carbocycles. The zero-order valence-electron chi connectivity index (χ0n) is 13.2. The van der Waals surface area contributed by atoms with Crippen LogP contribution in [0.2, 0.25) is 0 Å². The van der Waals surface area contributed by atoms with Crippen molar-refractivity contribution >= 4 is 0 Å². The van der Waals surface area contributed by atoms with Crippen LogP contribution >= 0.6 is 0 Å². The Morgan fingerprint density at radius 1 is 1.24 bits per heavy atom. The van der Waals surface area contributed by atoms with E-state index in [9.17, 15) is 0 Å². The Balaban J connectivity index is 2.12. The molecule has 0 bridgehead atoms. The molecule has 0 amide bonds. The van der Waals surface area contributed by atoms with Crippen LogP contribution in [0.5, 0.6) is 17.2 Å². The van der Waals surface area contributed by atoms with Crippen LogP contribution in [0.4, 0.5) is 0 Å². The fraction of sp³-hybridized carbons (Fsp3) is 0.529. The number of hydrogen-bond donors (Lipinski definition) is 1. The van der Waals surface area contributed by atoms with Gasteiger partial charge in [-0.1, -0.05) is 0 Å². The molecular weight excluding hydrogens is 266 g/mol. The van der Waals surface area contributed by atoms with E-state index in [-0.39, 0.29) is 12.3 Å². The van der Waals surface area contributed by atoms with Gasteiger partial charge in [0.15, 0.2) is 11.5 Å². The summed E-state index contributed by atoms with van der Waals surface area (Å²) in [5.74, 6) is 8.22. The summed E-state index contributed by atoms with van der Waals surface area (Å²) in [6, 6.07) is 3.89. The van der Waals surface area contributed by atoms with Crippen molar-refractivity contribution in [2.75, 3.05) is 13.4 Å². The Morgan fingerprint density at radius 3 is 2.62 bits per heavy atom. The second-order valence-corrected chi connectivity index (χ2v) is 5.94. The standard InChI is InChI=1S/C17H23NO3/c1-5-6-7-8-19-14-10-16-15(20-12-21-16)9-13(14)11-18-17(2,3)4/h9-10,18H,7-8,11-12H2,1-4H3. The van der Waals surface area contributed by atoms with Crippen LogP contribution in [0.3, 0.4) is 0 Å². The Labute approximate surface area is 126 Å². The van der Waals surface area contributed by atoms with E-state index in [1.54, 1.807) is 0 Å². The van der Waals surface area contributed by atoms with Crippen molar-refractivity contribution in [3.8, 4) is 29.1 Å². The molecule has 0 atom stereocenters. The maximum absolute atomic E-state index is 5.85. The number of nitrogens with one attached hydrogen (secondary N) is 1. The lowest BCUT2D eigenvalue weighted by molar-refractivity contribution is 0.173. The first-order chi connectivity index (χ1) is 9.99. The van der Waals surface area contributed by atoms with E-state index in [1.165, 1.54) is 0 Å². The third-order valence-electron chi connectivity index (χ3n) is 3.03. The predicted molar refractivity (Wildman–Crippen MR) is 82.7 cm³/mol. The molecule has 0 saturated heterocycles. The number of ether oxygens (including phenoxy) is 3. The van der Waals surface area contributed by atoms with Gasteiger partial charge in [0.05, 0.1) is 6.61 Å². The zero-order valence-corrected chi connectivity index (χ0v) is 13.2. The molecule has 1 aliphatic heterocycles. The quantitative estimate of drug-likeness (QED) is 0.668. The molecule has 0 fully saturated rings. The molecule has 0 saturated carbocycles. The van der Waals surface area contributed by atoms with Gasteiger partial charge >= 0.3 is 0 Å². The molecule has 1 heterocycles. The van der Waals surface area contributed by atoms with Gasteiger partial charge in [0.1, 0.15) is 5.75 Å². The summed E-state index contributed by atoms with van der Waals surface area (Å²) in [5.41, 5.74) is 1.11. The van der Waals surface area contributed by atoms with Crippen molar-refractivity contribution in [1.82, 2.24) is 5.32 Å². The van der Waals surface area contributed by atoms with Gasteiger partial charge in [-0.2, -0.15) is 0 Å². The topological polar surface area (TPSA) is 39.7 Å². The van der Waals surface area contributed by atoms with Crippen molar-refractivity contribution in [2.45, 2.75) is 46.2 Å². The first-order valence-corrected chi connectivity index (χ1v) is 7.19. The van der Waals surface area contributed by atoms with Gasteiger partial charge in [-0.3, -0.25) is 0 Å². The van der Waals surface area contributed by atoms with E-state index in [2.05, 4.69) is 37.9 Å². The first kappa shape index (κ1) is 15.5. The molecule has 4 heteroatoms. The monoisotopic (exact) mass is 289 g/mol. The van der Waals surface area contributed by atoms with Crippen molar-refractivity contribution in [1.29, 1.82) is 0 Å². The molecule has 4 nitrogen and oxygen atoms in total. The highest BCUT2D eigenvalue weighted by Gasteiger charge is 2.19. The highest BCUT2D eigenvalue weighted by atomic mass is 16.7. The summed E-state index contributed by atoms with van der Waals surface area (Å²) in [4.78, 5) is 0. The molecule has 1 aromatic rings. The van der Waals surface area contributed by atoms with Crippen molar-refractivity contribution in [2.24, 2.45) is 0 Å². The maximum Gasteiger partial charge on any atom is 0.231 e. The third kappa shape index (κ3) is 4.57. The van der Waals surface area contributed by atoms with E-state index in [4.69, 9.17) is 14.2 Å². The number of rotatable bonds is 5. The summed E-state index contributed by atoms with van der Waals surface area (Å²) >= 11 is 0. The van der Waals surface area contributed by atoms with Gasteiger partial charge in [0.2, 0.25) is 6.79 Å². The van der Waals surface area contributed by atoms with Gasteiger partial charge in [0, 0.05) is 30.1 Å². The fourth-order valence-electron chi connectivity index (χ4n) is 1.94. The molecular formula is C17H23NO3. The van der Waals surface area contributed by atoms with Crippen LogP contribution in [-0.2, 0) is 6.54 Å². The normalized spacial score (nSPS) is 12.8. The Hall–Kier alpha value is -1.86. The predicted octanol–water partition coefficient (Wildman–Crippen LogP) is 3.10. The Morgan fingerprint density at radius 2 is 1.95 bits per heavy atom. The molecule has 0 aromatic heterocycles. The maximum atomic E-state index is 5.85. The number of fused-ring (bicyclic) bond motifs is 1. The van der Waals surface area contributed by atoms with E-state index < -0.39 is 0 Å². The van der Waals surface area contributed by atoms with E-state index in [1.807, 2.05) is 19.1 Å². The Bertz CT molecular complexity index is 550. The van der Waals surface area contributed by atoms with Crippen LogP contribution in [0.25, 0.3) is 0 Å². The SMILES string of the molecule is CC#CCCOc1cc2c(cc1CNC(C)(C)C)OCO2. The van der Waals surface area contributed by atoms with Gasteiger partial charge in [-0.15, -0.1) is 11.8 Å². The smallest absolute Gasteiger partial charge is 0.231 e. The average Bonchev–Trinajstić information content (AvgIpc) is 2.87. The lowest BCUT2D eigenvalue weighted by Gasteiger charge is -2.22. The third-order valence-corrected chi connectivity index (χ3v) is 3.03. The van der Waals surface area contributed by atoms with Crippen LogP contribution in [-0.4, -0.2) is 18.9 Å². The molecule has 1 aliphatic rings. The van der Waals surface area contributed by atoms with Crippen molar-refractivity contribution < 1.29 is 14.2 Å². The first-order valence-electron chi connectivity index (χ1n) is 7.19. The van der Waals surface area contributed by atoms with Gasteiger partial charge in [0.25, 0.3) is 0 Å². The van der Waals surface area contributed by atoms with Gasteiger partial charge in [-0.25, -0.2) is 0 Å². The highest BCUT2D eigenvalue weighted by Crippen LogP contribution is 2.38. The van der Waals surface area contributed by atoms with Crippen molar-refractivity contribution in [3.05, 3.63) is 17.7 Å². The minimum atomic E-state index is 0.0430. The van der Waals surface area contributed by atoms with Crippen LogP contribution in [0, 0.1) is 11.8 Å². The summed E-state index contributed by atoms with van der Waals surface area (Å²) in [6.45, 7) is 9.80. The second kappa shape index (κ2) is 6.73. The lowest BCUT2D eigenvalue weighted by Crippen LogP contribution is -2.35. The second-order valence-electron chi connectivity index (χ2n) is 5.94. The van der Waals surface area contributed by atoms with E-state index in [0.717, 1.165) is 35.8 Å². The van der Waals surface area contributed by atoms with Gasteiger partial charge in [-0.05, 0) is 33.8 Å². The molecule has 21 heavy (non-hydrogen) atoms.